The molecule has 5 rings (SSSR count). The Hall–Kier alpha value is -3.53. The van der Waals surface area contributed by atoms with Crippen LogP contribution in [0.2, 0.25) is 10.3 Å². The first-order valence-electron chi connectivity index (χ1n) is 12.7. The van der Waals surface area contributed by atoms with E-state index in [1.807, 2.05) is 30.3 Å². The molecule has 1 aromatic heterocycles. The van der Waals surface area contributed by atoms with Crippen molar-refractivity contribution in [3.63, 3.8) is 0 Å². The topological polar surface area (TPSA) is 103 Å². The van der Waals surface area contributed by atoms with Gasteiger partial charge in [0.25, 0.3) is 5.91 Å². The van der Waals surface area contributed by atoms with E-state index >= 15 is 0 Å². The number of ketones is 1. The number of benzene rings is 3. The predicted molar refractivity (Wildman–Crippen MR) is 152 cm³/mol. The number of rotatable bonds is 8. The molecular weight excluding hydrogens is 553 g/mol. The molecule has 1 aliphatic rings. The van der Waals surface area contributed by atoms with Gasteiger partial charge in [-0.3, -0.25) is 9.59 Å². The minimum absolute atomic E-state index is 0.0477. The molecular formula is C30H27Cl2N3O5. The third-order valence-electron chi connectivity index (χ3n) is 6.70. The van der Waals surface area contributed by atoms with Crippen molar-refractivity contribution >= 4 is 40.6 Å². The van der Waals surface area contributed by atoms with E-state index in [0.717, 1.165) is 11.1 Å². The first-order chi connectivity index (χ1) is 19.3. The second-order valence-corrected chi connectivity index (χ2v) is 10.3. The van der Waals surface area contributed by atoms with Crippen LogP contribution >= 0.6 is 23.2 Å². The fourth-order valence-electron chi connectivity index (χ4n) is 4.57. The largest absolute Gasteiger partial charge is 0.392 e. The standard InChI is InChI=1S/C30H27Cl2N3O5/c1-18(37)21-4-3-7-24(13-21)34-29(38)22-5-2-6-23(12-22)30-39-25(15-35-17-33-27(31)28(35)32)14-26(40-30)20-10-8-19(16-36)9-11-20/h2-13,17,25-26,30,36H,14-16H2,1H3,(H,34,38). The number of hydrogen-bond acceptors (Lipinski definition) is 6. The fraction of sp³-hybridized carbons (Fsp3) is 0.233. The molecule has 0 aliphatic carbocycles. The quantitative estimate of drug-likeness (QED) is 0.235. The molecule has 10 heteroatoms. The van der Waals surface area contributed by atoms with Crippen LogP contribution in [0.25, 0.3) is 0 Å². The number of nitrogens with zero attached hydrogens (tertiary/aromatic N) is 2. The van der Waals surface area contributed by atoms with Gasteiger partial charge >= 0.3 is 0 Å². The van der Waals surface area contributed by atoms with Gasteiger partial charge in [-0.1, -0.05) is 71.7 Å². The summed E-state index contributed by atoms with van der Waals surface area (Å²) >= 11 is 12.4. The van der Waals surface area contributed by atoms with Crippen LogP contribution in [0, 0.1) is 0 Å². The van der Waals surface area contributed by atoms with Crippen LogP contribution < -0.4 is 5.32 Å². The zero-order chi connectivity index (χ0) is 28.2. The molecule has 3 unspecified atom stereocenters. The summed E-state index contributed by atoms with van der Waals surface area (Å²) in [7, 11) is 0. The Morgan fingerprint density at radius 1 is 1.00 bits per heavy atom. The Bertz CT molecular complexity index is 1520. The number of ether oxygens (including phenoxy) is 2. The molecule has 1 saturated heterocycles. The Balaban J connectivity index is 1.39. The summed E-state index contributed by atoms with van der Waals surface area (Å²) < 4.78 is 14.5. The Morgan fingerprint density at radius 3 is 2.45 bits per heavy atom. The molecule has 1 aliphatic heterocycles. The summed E-state index contributed by atoms with van der Waals surface area (Å²) in [6.45, 7) is 1.83. The molecule has 40 heavy (non-hydrogen) atoms. The summed E-state index contributed by atoms with van der Waals surface area (Å²) in [6, 6.07) is 21.4. The van der Waals surface area contributed by atoms with Gasteiger partial charge in [-0.05, 0) is 42.3 Å². The number of anilines is 1. The summed E-state index contributed by atoms with van der Waals surface area (Å²) in [6.07, 6.45) is 0.702. The lowest BCUT2D eigenvalue weighted by Crippen LogP contribution is -2.32. The monoisotopic (exact) mass is 579 g/mol. The first-order valence-corrected chi connectivity index (χ1v) is 13.5. The van der Waals surface area contributed by atoms with Gasteiger partial charge in [0.2, 0.25) is 0 Å². The molecule has 3 atom stereocenters. The average Bonchev–Trinajstić information content (AvgIpc) is 3.29. The first kappa shape index (κ1) is 28.0. The lowest BCUT2D eigenvalue weighted by atomic mass is 9.99. The van der Waals surface area contributed by atoms with Gasteiger partial charge in [0, 0.05) is 28.8 Å². The van der Waals surface area contributed by atoms with Crippen LogP contribution in [0.5, 0.6) is 0 Å². The molecule has 2 heterocycles. The number of amides is 1. The molecule has 2 N–H and O–H groups in total. The van der Waals surface area contributed by atoms with E-state index < -0.39 is 6.29 Å². The van der Waals surface area contributed by atoms with E-state index in [1.165, 1.54) is 6.92 Å². The Labute approximate surface area is 241 Å². The highest BCUT2D eigenvalue weighted by atomic mass is 35.5. The molecule has 206 valence electrons. The number of nitrogens with one attached hydrogen (secondary N) is 1. The lowest BCUT2D eigenvalue weighted by molar-refractivity contribution is -0.252. The second kappa shape index (κ2) is 12.3. The van der Waals surface area contributed by atoms with Gasteiger partial charge in [0.15, 0.2) is 17.2 Å². The van der Waals surface area contributed by atoms with E-state index in [9.17, 15) is 14.7 Å². The zero-order valence-electron chi connectivity index (χ0n) is 21.6. The number of aliphatic hydroxyl groups excluding tert-OH is 1. The van der Waals surface area contributed by atoms with E-state index in [1.54, 1.807) is 53.4 Å². The lowest BCUT2D eigenvalue weighted by Gasteiger charge is -2.36. The fourth-order valence-corrected chi connectivity index (χ4v) is 4.88. The van der Waals surface area contributed by atoms with Gasteiger partial charge in [0.05, 0.1) is 31.7 Å². The van der Waals surface area contributed by atoms with Crippen molar-refractivity contribution in [2.75, 3.05) is 5.32 Å². The van der Waals surface area contributed by atoms with E-state index in [4.69, 9.17) is 32.7 Å². The van der Waals surface area contributed by atoms with E-state index in [0.29, 0.717) is 40.5 Å². The third kappa shape index (κ3) is 6.43. The smallest absolute Gasteiger partial charge is 0.255 e. The number of aromatic nitrogens is 2. The van der Waals surface area contributed by atoms with Crippen molar-refractivity contribution in [1.29, 1.82) is 0 Å². The molecule has 0 spiro atoms. The molecule has 8 nitrogen and oxygen atoms in total. The van der Waals surface area contributed by atoms with Gasteiger partial charge in [-0.15, -0.1) is 0 Å². The normalized spacial score (nSPS) is 18.9. The maximum atomic E-state index is 13.1. The molecule has 0 saturated carbocycles. The second-order valence-electron chi connectivity index (χ2n) is 9.55. The molecule has 0 bridgehead atoms. The molecule has 1 amide bonds. The highest BCUT2D eigenvalue weighted by Crippen LogP contribution is 2.39. The summed E-state index contributed by atoms with van der Waals surface area (Å²) in [5.74, 6) is -0.412. The highest BCUT2D eigenvalue weighted by molar-refractivity contribution is 6.40. The Kier molecular flexibility index (Phi) is 8.63. The van der Waals surface area contributed by atoms with Crippen molar-refractivity contribution in [3.05, 3.63) is 117 Å². The van der Waals surface area contributed by atoms with Crippen LogP contribution in [0.1, 0.15) is 63.1 Å². The number of Topliss-reactive ketones (excluding diaryl/α,β-unsaturated/α-hetero) is 1. The van der Waals surface area contributed by atoms with Gasteiger partial charge in [0.1, 0.15) is 5.15 Å². The molecule has 0 radical (unpaired) electrons. The van der Waals surface area contributed by atoms with E-state index in [2.05, 4.69) is 10.3 Å². The van der Waals surface area contributed by atoms with Crippen molar-refractivity contribution in [2.24, 2.45) is 0 Å². The number of carbonyl (C=O) groups excluding carboxylic acids is 2. The maximum Gasteiger partial charge on any atom is 0.255 e. The third-order valence-corrected chi connectivity index (χ3v) is 7.47. The van der Waals surface area contributed by atoms with Crippen LogP contribution in [0.3, 0.4) is 0 Å². The number of aliphatic hydroxyl groups is 1. The number of halogens is 2. The minimum Gasteiger partial charge on any atom is -0.392 e. The van der Waals surface area contributed by atoms with Gasteiger partial charge < -0.3 is 24.5 Å². The number of hydrogen-bond donors (Lipinski definition) is 2. The Morgan fingerprint density at radius 2 is 1.75 bits per heavy atom. The molecule has 3 aromatic carbocycles. The summed E-state index contributed by atoms with van der Waals surface area (Å²) in [5.41, 5.74) is 3.85. The zero-order valence-corrected chi connectivity index (χ0v) is 23.1. The van der Waals surface area contributed by atoms with Crippen LogP contribution in [0.15, 0.2) is 79.1 Å². The van der Waals surface area contributed by atoms with Gasteiger partial charge in [-0.2, -0.15) is 0 Å². The summed E-state index contributed by atoms with van der Waals surface area (Å²) in [5, 5.41) is 12.8. The maximum absolute atomic E-state index is 13.1. The number of carbonyl (C=O) groups is 2. The minimum atomic E-state index is -0.771. The predicted octanol–water partition coefficient (Wildman–Crippen LogP) is 6.38. The van der Waals surface area contributed by atoms with E-state index in [-0.39, 0.29) is 35.7 Å². The van der Waals surface area contributed by atoms with Gasteiger partial charge in [-0.25, -0.2) is 4.98 Å². The summed E-state index contributed by atoms with van der Waals surface area (Å²) in [4.78, 5) is 28.9. The highest BCUT2D eigenvalue weighted by Gasteiger charge is 2.33. The van der Waals surface area contributed by atoms with Crippen molar-refractivity contribution in [2.45, 2.75) is 45.0 Å². The van der Waals surface area contributed by atoms with Crippen molar-refractivity contribution < 1.29 is 24.2 Å². The molecule has 4 aromatic rings. The average molecular weight is 580 g/mol. The number of imidazole rings is 1. The SMILES string of the molecule is CC(=O)c1cccc(NC(=O)c2cccc(C3OC(Cn4cnc(Cl)c4Cl)CC(c4ccc(CO)cc4)O3)c2)c1. The van der Waals surface area contributed by atoms with Crippen molar-refractivity contribution in [3.8, 4) is 0 Å². The van der Waals surface area contributed by atoms with Crippen LogP contribution in [-0.2, 0) is 22.6 Å². The van der Waals surface area contributed by atoms with Crippen LogP contribution in [-0.4, -0.2) is 32.5 Å². The van der Waals surface area contributed by atoms with Crippen LogP contribution in [0.4, 0.5) is 5.69 Å². The van der Waals surface area contributed by atoms with Crippen molar-refractivity contribution in [1.82, 2.24) is 9.55 Å². The molecule has 1 fully saturated rings.